The quantitative estimate of drug-likeness (QED) is 0.536. The van der Waals surface area contributed by atoms with E-state index in [1.165, 1.54) is 0 Å². The highest BCUT2D eigenvalue weighted by Gasteiger charge is 2.28. The predicted molar refractivity (Wildman–Crippen MR) is 144 cm³/mol. The van der Waals surface area contributed by atoms with Crippen LogP contribution in [0.2, 0.25) is 0 Å². The number of aromatic amines is 1. The van der Waals surface area contributed by atoms with Crippen molar-refractivity contribution in [3.63, 3.8) is 0 Å². The molecule has 10 nitrogen and oxygen atoms in total. The Labute approximate surface area is 220 Å². The summed E-state index contributed by atoms with van der Waals surface area (Å²) in [6.45, 7) is 9.47. The van der Waals surface area contributed by atoms with E-state index < -0.39 is 5.60 Å². The molecule has 1 aromatic carbocycles. The molecular weight excluding hydrogens is 484 g/mol. The molecule has 0 saturated carbocycles. The third kappa shape index (κ3) is 5.22. The lowest BCUT2D eigenvalue weighted by Gasteiger charge is -2.34. The molecule has 3 aromatic rings. The molecular formula is C28H34N6O4. The first-order valence-electron chi connectivity index (χ1n) is 13.0. The number of rotatable bonds is 5. The molecule has 1 amide bonds. The van der Waals surface area contributed by atoms with E-state index in [1.54, 1.807) is 15.7 Å². The highest BCUT2D eigenvalue weighted by molar-refractivity contribution is 5.78. The van der Waals surface area contributed by atoms with Crippen LogP contribution >= 0.6 is 0 Å². The maximum atomic E-state index is 13.6. The summed E-state index contributed by atoms with van der Waals surface area (Å²) < 4.78 is 13.1. The largest absolute Gasteiger partial charge is 0.444 e. The van der Waals surface area contributed by atoms with E-state index in [1.807, 2.05) is 51.1 Å². The van der Waals surface area contributed by atoms with Crippen molar-refractivity contribution in [1.82, 2.24) is 25.0 Å². The van der Waals surface area contributed by atoms with E-state index in [2.05, 4.69) is 28.5 Å². The van der Waals surface area contributed by atoms with Crippen molar-refractivity contribution >= 4 is 23.1 Å². The monoisotopic (exact) mass is 518 g/mol. The number of benzene rings is 1. The maximum absolute atomic E-state index is 13.6. The summed E-state index contributed by atoms with van der Waals surface area (Å²) in [6.07, 6.45) is 4.57. The van der Waals surface area contributed by atoms with E-state index >= 15 is 0 Å². The van der Waals surface area contributed by atoms with Gasteiger partial charge in [-0.25, -0.2) is 9.79 Å². The first-order valence-corrected chi connectivity index (χ1v) is 13.0. The molecule has 10 heteroatoms. The van der Waals surface area contributed by atoms with Crippen LogP contribution in [0.5, 0.6) is 0 Å². The molecule has 0 spiro atoms. The zero-order valence-electron chi connectivity index (χ0n) is 22.3. The Bertz CT molecular complexity index is 1550. The van der Waals surface area contributed by atoms with Crippen molar-refractivity contribution in [3.05, 3.63) is 69.0 Å². The van der Waals surface area contributed by atoms with E-state index in [4.69, 9.17) is 14.5 Å². The van der Waals surface area contributed by atoms with E-state index in [9.17, 15) is 9.59 Å². The molecule has 0 radical (unpaired) electrons. The van der Waals surface area contributed by atoms with Crippen LogP contribution in [-0.2, 0) is 9.47 Å². The zero-order chi connectivity index (χ0) is 26.9. The lowest BCUT2D eigenvalue weighted by molar-refractivity contribution is -0.0404. The fourth-order valence-corrected chi connectivity index (χ4v) is 4.75. The Morgan fingerprint density at radius 3 is 2.79 bits per heavy atom. The smallest absolute Gasteiger partial charge is 0.410 e. The third-order valence-electron chi connectivity index (χ3n) is 6.63. The first-order chi connectivity index (χ1) is 18.2. The summed E-state index contributed by atoms with van der Waals surface area (Å²) >= 11 is 0. The van der Waals surface area contributed by atoms with E-state index in [0.29, 0.717) is 54.9 Å². The lowest BCUT2D eigenvalue weighted by atomic mass is 10.1. The summed E-state index contributed by atoms with van der Waals surface area (Å²) in [5.41, 5.74) is 2.34. The van der Waals surface area contributed by atoms with E-state index in [0.717, 1.165) is 22.9 Å². The van der Waals surface area contributed by atoms with Gasteiger partial charge in [-0.2, -0.15) is 5.10 Å². The summed E-state index contributed by atoms with van der Waals surface area (Å²) in [6, 6.07) is 9.51. The molecule has 2 aliphatic rings. The number of H-pyrrole nitrogens is 1. The van der Waals surface area contributed by atoms with Gasteiger partial charge >= 0.3 is 6.09 Å². The molecule has 0 aliphatic carbocycles. The van der Waals surface area contributed by atoms with Crippen LogP contribution in [-0.4, -0.2) is 63.7 Å². The molecule has 2 aliphatic heterocycles. The highest BCUT2D eigenvalue weighted by Crippen LogP contribution is 2.17. The van der Waals surface area contributed by atoms with Gasteiger partial charge in [-0.15, -0.1) is 0 Å². The number of para-hydroxylation sites is 1. The molecule has 1 saturated heterocycles. The molecule has 2 N–H and O–H groups in total. The number of nitrogens with one attached hydrogen (secondary N) is 2. The highest BCUT2D eigenvalue weighted by atomic mass is 16.6. The average Bonchev–Trinajstić information content (AvgIpc) is 3.31. The minimum atomic E-state index is -0.554. The lowest BCUT2D eigenvalue weighted by Crippen LogP contribution is -2.50. The topological polar surface area (TPSA) is 114 Å². The molecule has 1 fully saturated rings. The minimum absolute atomic E-state index is 0.182. The maximum Gasteiger partial charge on any atom is 0.410 e. The van der Waals surface area contributed by atoms with Crippen molar-refractivity contribution in [3.8, 4) is 5.69 Å². The number of ether oxygens (including phenoxy) is 2. The number of fused-ring (bicyclic) bond motifs is 3. The van der Waals surface area contributed by atoms with Gasteiger partial charge in [0.1, 0.15) is 11.4 Å². The van der Waals surface area contributed by atoms with Gasteiger partial charge in [-0.05, 0) is 51.3 Å². The van der Waals surface area contributed by atoms with Crippen molar-refractivity contribution < 1.29 is 14.3 Å². The molecule has 1 unspecified atom stereocenters. The molecule has 1 atom stereocenters. The Balaban J connectivity index is 1.49. The van der Waals surface area contributed by atoms with Gasteiger partial charge in [0, 0.05) is 18.3 Å². The fraction of sp³-hybridized carbons (Fsp3) is 0.429. The number of nitrogens with zero attached hydrogens (tertiary/aromatic N) is 4. The van der Waals surface area contributed by atoms with Gasteiger partial charge in [-0.3, -0.25) is 14.5 Å². The number of hydrogen-bond acceptors (Lipinski definition) is 7. The number of pyridine rings is 1. The number of carbonyl (C=O) groups excluding carboxylic acids is 1. The standard InChI is InChI=1S/C28H34N6O4/c1-5-18-11-12-21-23-22(16-30-32-23)26(35)34(19-9-7-6-8-10-19)25(21)31-24(18)29-15-20-17-33(13-14-37-20)27(36)38-28(2,3)4/h6-10,12,16,20,29H,5,11,13-15,17H2,1-4H3,(H,30,32). The number of aromatic nitrogens is 3. The SMILES string of the molecule is CCC1=C(NCC2CN(C(=O)OC(C)(C)C)CCO2)N=c2c(c3[nH]ncc3c(=O)n2-c2ccccc2)=CC1. The summed E-state index contributed by atoms with van der Waals surface area (Å²) in [5, 5.41) is 12.0. The summed E-state index contributed by atoms with van der Waals surface area (Å²) in [4.78, 5) is 32.9. The normalized spacial score (nSPS) is 17.9. The summed E-state index contributed by atoms with van der Waals surface area (Å²) in [7, 11) is 0. The van der Waals surface area contributed by atoms with Crippen LogP contribution < -0.4 is 21.6 Å². The van der Waals surface area contributed by atoms with Crippen molar-refractivity contribution in [2.24, 2.45) is 4.99 Å². The van der Waals surface area contributed by atoms with Crippen molar-refractivity contribution in [2.75, 3.05) is 26.2 Å². The number of morpholine rings is 1. The predicted octanol–water partition coefficient (Wildman–Crippen LogP) is 2.36. The molecule has 2 aromatic heterocycles. The minimum Gasteiger partial charge on any atom is -0.444 e. The zero-order valence-corrected chi connectivity index (χ0v) is 22.3. The second-order valence-corrected chi connectivity index (χ2v) is 10.5. The second-order valence-electron chi connectivity index (χ2n) is 10.5. The number of carbonyl (C=O) groups is 1. The number of allylic oxidation sites excluding steroid dienone is 1. The fourth-order valence-electron chi connectivity index (χ4n) is 4.75. The summed E-state index contributed by atoms with van der Waals surface area (Å²) in [5.74, 6) is 0.712. The second kappa shape index (κ2) is 10.4. The van der Waals surface area contributed by atoms with Crippen LogP contribution in [0.3, 0.4) is 0 Å². The Kier molecular flexibility index (Phi) is 7.07. The van der Waals surface area contributed by atoms with Crippen molar-refractivity contribution in [1.29, 1.82) is 0 Å². The number of amides is 1. The Morgan fingerprint density at radius 2 is 2.05 bits per heavy atom. The number of hydrogen-bond donors (Lipinski definition) is 2. The molecule has 0 bridgehead atoms. The van der Waals surface area contributed by atoms with Crippen molar-refractivity contribution in [2.45, 2.75) is 52.2 Å². The molecule has 4 heterocycles. The van der Waals surface area contributed by atoms with Gasteiger partial charge in [-0.1, -0.05) is 31.2 Å². The van der Waals surface area contributed by atoms with Gasteiger partial charge < -0.3 is 19.7 Å². The Hall–Kier alpha value is -3.92. The van der Waals surface area contributed by atoms with Crippen LogP contribution in [0.1, 0.15) is 40.5 Å². The molecule has 5 rings (SSSR count). The average molecular weight is 519 g/mol. The van der Waals surface area contributed by atoms with Gasteiger partial charge in [0.05, 0.1) is 42.0 Å². The molecule has 200 valence electrons. The molecule has 38 heavy (non-hydrogen) atoms. The van der Waals surface area contributed by atoms with Crippen LogP contribution in [0, 0.1) is 0 Å². The van der Waals surface area contributed by atoms with Gasteiger partial charge in [0.25, 0.3) is 5.56 Å². The van der Waals surface area contributed by atoms with E-state index in [-0.39, 0.29) is 17.8 Å². The van der Waals surface area contributed by atoms with Crippen LogP contribution in [0.4, 0.5) is 4.79 Å². The van der Waals surface area contributed by atoms with Gasteiger partial charge in [0.2, 0.25) is 0 Å². The third-order valence-corrected chi connectivity index (χ3v) is 6.63. The van der Waals surface area contributed by atoms with Crippen LogP contribution in [0.25, 0.3) is 22.7 Å². The Morgan fingerprint density at radius 1 is 1.26 bits per heavy atom. The van der Waals surface area contributed by atoms with Gasteiger partial charge in [0.15, 0.2) is 5.49 Å². The van der Waals surface area contributed by atoms with Crippen LogP contribution in [0.15, 0.2) is 57.7 Å². The first kappa shape index (κ1) is 25.7.